The van der Waals surface area contributed by atoms with Gasteiger partial charge in [-0.05, 0) is 61.7 Å². The van der Waals surface area contributed by atoms with Crippen molar-refractivity contribution in [2.75, 3.05) is 19.6 Å². The van der Waals surface area contributed by atoms with E-state index in [9.17, 15) is 4.79 Å². The summed E-state index contributed by atoms with van der Waals surface area (Å²) in [4.78, 5) is 19.1. The van der Waals surface area contributed by atoms with Crippen molar-refractivity contribution in [3.05, 3.63) is 57.3 Å². The molecule has 2 aromatic rings. The van der Waals surface area contributed by atoms with Crippen molar-refractivity contribution >= 4 is 17.2 Å². The van der Waals surface area contributed by atoms with Gasteiger partial charge in [-0.2, -0.15) is 0 Å². The van der Waals surface area contributed by atoms with E-state index in [4.69, 9.17) is 0 Å². The van der Waals surface area contributed by atoms with Crippen molar-refractivity contribution in [1.29, 1.82) is 0 Å². The first-order valence-corrected chi connectivity index (χ1v) is 11.8. The maximum Gasteiger partial charge on any atom is 0.225 e. The second-order valence-corrected chi connectivity index (χ2v) is 10.2. The van der Waals surface area contributed by atoms with Crippen LogP contribution in [0.2, 0.25) is 0 Å². The standard InChI is InChI=1S/C25H36N2OS/c1-17(2)25(28)27(18(3)4)14-21-13-26(16-24-20(6)11-12-29-24)15-23(21)22-10-8-7-9-19(22)5/h7-12,17-18,21,23H,13-16H2,1-6H3. The summed E-state index contributed by atoms with van der Waals surface area (Å²) in [6.45, 7) is 16.7. The molecule has 1 aromatic heterocycles. The summed E-state index contributed by atoms with van der Waals surface area (Å²) in [7, 11) is 0. The van der Waals surface area contributed by atoms with E-state index in [-0.39, 0.29) is 17.9 Å². The van der Waals surface area contributed by atoms with Crippen LogP contribution in [0.1, 0.15) is 55.2 Å². The number of hydrogen-bond donors (Lipinski definition) is 0. The van der Waals surface area contributed by atoms with Gasteiger partial charge < -0.3 is 4.90 Å². The highest BCUT2D eigenvalue weighted by Gasteiger charge is 2.37. The van der Waals surface area contributed by atoms with Gasteiger partial charge in [0.15, 0.2) is 0 Å². The van der Waals surface area contributed by atoms with Crippen molar-refractivity contribution in [2.24, 2.45) is 11.8 Å². The van der Waals surface area contributed by atoms with Gasteiger partial charge in [-0.3, -0.25) is 9.69 Å². The number of thiophene rings is 1. The molecule has 1 amide bonds. The van der Waals surface area contributed by atoms with Crippen LogP contribution in [0, 0.1) is 25.7 Å². The lowest BCUT2D eigenvalue weighted by Crippen LogP contribution is -2.43. The minimum atomic E-state index is 0.0422. The van der Waals surface area contributed by atoms with Crippen molar-refractivity contribution < 1.29 is 4.79 Å². The van der Waals surface area contributed by atoms with E-state index in [2.05, 4.69) is 73.2 Å². The Morgan fingerprint density at radius 2 is 1.83 bits per heavy atom. The zero-order valence-electron chi connectivity index (χ0n) is 18.8. The molecule has 1 fully saturated rings. The Hall–Kier alpha value is -1.65. The first-order valence-electron chi connectivity index (χ1n) is 10.9. The Balaban J connectivity index is 1.85. The van der Waals surface area contributed by atoms with Crippen molar-refractivity contribution in [2.45, 2.75) is 60.0 Å². The summed E-state index contributed by atoms with van der Waals surface area (Å²) in [6.07, 6.45) is 0. The van der Waals surface area contributed by atoms with E-state index in [0.29, 0.717) is 11.8 Å². The molecular formula is C25H36N2OS. The Kier molecular flexibility index (Phi) is 7.18. The highest BCUT2D eigenvalue weighted by atomic mass is 32.1. The Morgan fingerprint density at radius 3 is 2.41 bits per heavy atom. The summed E-state index contributed by atoms with van der Waals surface area (Å²) in [5.74, 6) is 1.25. The van der Waals surface area contributed by atoms with Gasteiger partial charge in [0.25, 0.3) is 0 Å². The fourth-order valence-electron chi connectivity index (χ4n) is 4.54. The maximum atomic E-state index is 12.9. The molecule has 158 valence electrons. The first kappa shape index (κ1) is 22.0. The average Bonchev–Trinajstić information content (AvgIpc) is 3.25. The number of rotatable bonds is 7. The Labute approximate surface area is 180 Å². The third-order valence-electron chi connectivity index (χ3n) is 6.27. The van der Waals surface area contributed by atoms with Gasteiger partial charge in [-0.15, -0.1) is 11.3 Å². The molecule has 4 heteroatoms. The van der Waals surface area contributed by atoms with Crippen LogP contribution in [0.4, 0.5) is 0 Å². The predicted molar refractivity (Wildman–Crippen MR) is 123 cm³/mol. The van der Waals surface area contributed by atoms with Crippen LogP contribution < -0.4 is 0 Å². The topological polar surface area (TPSA) is 23.6 Å². The lowest BCUT2D eigenvalue weighted by Gasteiger charge is -2.33. The lowest BCUT2D eigenvalue weighted by molar-refractivity contribution is -0.136. The number of aryl methyl sites for hydroxylation is 2. The molecule has 1 saturated heterocycles. The fourth-order valence-corrected chi connectivity index (χ4v) is 5.49. The van der Waals surface area contributed by atoms with Gasteiger partial charge in [0.05, 0.1) is 0 Å². The second kappa shape index (κ2) is 9.44. The van der Waals surface area contributed by atoms with E-state index in [1.807, 2.05) is 25.2 Å². The Morgan fingerprint density at radius 1 is 1.10 bits per heavy atom. The molecule has 1 aliphatic rings. The molecular weight excluding hydrogens is 376 g/mol. The molecule has 2 heterocycles. The van der Waals surface area contributed by atoms with Crippen LogP contribution in [-0.2, 0) is 11.3 Å². The van der Waals surface area contributed by atoms with Crippen LogP contribution in [0.5, 0.6) is 0 Å². The van der Waals surface area contributed by atoms with Gasteiger partial charge in [-0.25, -0.2) is 0 Å². The average molecular weight is 413 g/mol. The number of hydrogen-bond acceptors (Lipinski definition) is 3. The highest BCUT2D eigenvalue weighted by Crippen LogP contribution is 2.36. The molecule has 1 aliphatic heterocycles. The molecule has 2 unspecified atom stereocenters. The van der Waals surface area contributed by atoms with Crippen LogP contribution in [0.15, 0.2) is 35.7 Å². The molecule has 0 N–H and O–H groups in total. The molecule has 1 aromatic carbocycles. The predicted octanol–water partition coefficient (Wildman–Crippen LogP) is 5.47. The van der Waals surface area contributed by atoms with Gasteiger partial charge in [-0.1, -0.05) is 38.1 Å². The van der Waals surface area contributed by atoms with Crippen LogP contribution in [-0.4, -0.2) is 41.4 Å². The van der Waals surface area contributed by atoms with Crippen molar-refractivity contribution in [1.82, 2.24) is 9.80 Å². The SMILES string of the molecule is Cc1ccccc1C1CN(Cc2sccc2C)CC1CN(C(=O)C(C)C)C(C)C. The second-order valence-electron chi connectivity index (χ2n) is 9.18. The van der Waals surface area contributed by atoms with Gasteiger partial charge in [0.2, 0.25) is 5.91 Å². The number of benzene rings is 1. The maximum absolute atomic E-state index is 12.9. The largest absolute Gasteiger partial charge is 0.340 e. The van der Waals surface area contributed by atoms with Gasteiger partial charge >= 0.3 is 0 Å². The quantitative estimate of drug-likeness (QED) is 0.602. The molecule has 29 heavy (non-hydrogen) atoms. The van der Waals surface area contributed by atoms with Crippen molar-refractivity contribution in [3.8, 4) is 0 Å². The zero-order chi connectivity index (χ0) is 21.1. The third-order valence-corrected chi connectivity index (χ3v) is 7.28. The van der Waals surface area contributed by atoms with Crippen LogP contribution >= 0.6 is 11.3 Å². The molecule has 0 spiro atoms. The summed E-state index contributed by atoms with van der Waals surface area (Å²) in [5, 5.41) is 2.19. The number of amides is 1. The monoisotopic (exact) mass is 412 g/mol. The summed E-state index contributed by atoms with van der Waals surface area (Å²) < 4.78 is 0. The first-order chi connectivity index (χ1) is 13.8. The molecule has 0 bridgehead atoms. The minimum absolute atomic E-state index is 0.0422. The molecule has 2 atom stereocenters. The molecule has 0 saturated carbocycles. The van der Waals surface area contributed by atoms with Crippen LogP contribution in [0.25, 0.3) is 0 Å². The normalized spacial score (nSPS) is 20.0. The molecule has 0 radical (unpaired) electrons. The summed E-state index contributed by atoms with van der Waals surface area (Å²) in [5.41, 5.74) is 4.20. The van der Waals surface area contributed by atoms with E-state index >= 15 is 0 Å². The molecule has 0 aliphatic carbocycles. The molecule has 3 nitrogen and oxygen atoms in total. The number of carbonyl (C=O) groups excluding carboxylic acids is 1. The summed E-state index contributed by atoms with van der Waals surface area (Å²) in [6, 6.07) is 11.2. The lowest BCUT2D eigenvalue weighted by atomic mass is 9.86. The number of nitrogens with zero attached hydrogens (tertiary/aromatic N) is 2. The fraction of sp³-hybridized carbons (Fsp3) is 0.560. The molecule has 3 rings (SSSR count). The number of likely N-dealkylation sites (tertiary alicyclic amines) is 1. The zero-order valence-corrected chi connectivity index (χ0v) is 19.6. The smallest absolute Gasteiger partial charge is 0.225 e. The minimum Gasteiger partial charge on any atom is -0.340 e. The van der Waals surface area contributed by atoms with Crippen LogP contribution in [0.3, 0.4) is 0 Å². The number of carbonyl (C=O) groups is 1. The van der Waals surface area contributed by atoms with E-state index in [1.54, 1.807) is 0 Å². The van der Waals surface area contributed by atoms with Gasteiger partial charge in [0, 0.05) is 48.9 Å². The van der Waals surface area contributed by atoms with Crippen molar-refractivity contribution in [3.63, 3.8) is 0 Å². The Bertz CT molecular complexity index is 826. The van der Waals surface area contributed by atoms with E-state index < -0.39 is 0 Å². The summed E-state index contributed by atoms with van der Waals surface area (Å²) >= 11 is 1.86. The third kappa shape index (κ3) is 5.10. The van der Waals surface area contributed by atoms with E-state index in [1.165, 1.54) is 21.6 Å². The van der Waals surface area contributed by atoms with E-state index in [0.717, 1.165) is 26.2 Å². The van der Waals surface area contributed by atoms with Gasteiger partial charge in [0.1, 0.15) is 0 Å². The highest BCUT2D eigenvalue weighted by molar-refractivity contribution is 7.10.